The molecule has 0 aromatic heterocycles. The highest BCUT2D eigenvalue weighted by Gasteiger charge is 2.08. The molecule has 3 N–H and O–H groups in total. The van der Waals surface area contributed by atoms with Crippen molar-refractivity contribution in [2.75, 3.05) is 5.73 Å². The molecule has 100 valence electrons. The smallest absolute Gasteiger partial charge is 0.307 e. The fourth-order valence-corrected chi connectivity index (χ4v) is 2.61. The Labute approximate surface area is 120 Å². The van der Waals surface area contributed by atoms with E-state index in [1.165, 1.54) is 11.8 Å². The van der Waals surface area contributed by atoms with E-state index in [0.29, 0.717) is 16.8 Å². The Balaban J connectivity index is 2.26. The number of carboxylic acid groups (broad SMARTS) is 1. The molecule has 0 heterocycles. The summed E-state index contributed by atoms with van der Waals surface area (Å²) in [7, 11) is 0. The number of hydrogen-bond acceptors (Lipinski definition) is 4. The summed E-state index contributed by atoms with van der Waals surface area (Å²) in [5.74, 6) is -0.948. The minimum absolute atomic E-state index is 0.154. The quantitative estimate of drug-likeness (QED) is 0.843. The third kappa shape index (κ3) is 3.53. The zero-order valence-corrected chi connectivity index (χ0v) is 11.4. The highest BCUT2D eigenvalue weighted by molar-refractivity contribution is 7.99. The summed E-state index contributed by atoms with van der Waals surface area (Å²) < 4.78 is 0. The lowest BCUT2D eigenvalue weighted by Crippen LogP contribution is -2.02. The predicted octanol–water partition coefficient (Wildman–Crippen LogP) is 2.92. The number of anilines is 1. The molecule has 0 aliphatic rings. The Bertz CT molecular complexity index is 675. The standard InChI is InChI=1S/C15H12N2O2S/c16-9-10-1-4-14(7-11(10)8-15(18)19)20-13-5-2-12(17)3-6-13/h1-7H,8,17H2,(H,18,19). The van der Waals surface area contributed by atoms with Crippen molar-refractivity contribution in [1.82, 2.24) is 0 Å². The zero-order valence-electron chi connectivity index (χ0n) is 10.5. The average molecular weight is 284 g/mol. The molecule has 4 nitrogen and oxygen atoms in total. The molecular formula is C15H12N2O2S. The summed E-state index contributed by atoms with van der Waals surface area (Å²) in [6, 6.07) is 14.6. The van der Waals surface area contributed by atoms with Crippen LogP contribution in [0.15, 0.2) is 52.3 Å². The van der Waals surface area contributed by atoms with Crippen LogP contribution in [-0.2, 0) is 11.2 Å². The van der Waals surface area contributed by atoms with Gasteiger partial charge in [0, 0.05) is 15.5 Å². The van der Waals surface area contributed by atoms with E-state index in [1.807, 2.05) is 36.4 Å². The summed E-state index contributed by atoms with van der Waals surface area (Å²) in [4.78, 5) is 12.7. The van der Waals surface area contributed by atoms with Crippen LogP contribution in [0.25, 0.3) is 0 Å². The van der Waals surface area contributed by atoms with Crippen LogP contribution in [0.2, 0.25) is 0 Å². The van der Waals surface area contributed by atoms with Gasteiger partial charge in [0.25, 0.3) is 0 Å². The number of carboxylic acids is 1. The molecule has 0 amide bonds. The summed E-state index contributed by atoms with van der Waals surface area (Å²) in [5.41, 5.74) is 7.25. The summed E-state index contributed by atoms with van der Waals surface area (Å²) in [5, 5.41) is 17.8. The molecular weight excluding hydrogens is 272 g/mol. The lowest BCUT2D eigenvalue weighted by Gasteiger charge is -2.06. The van der Waals surface area contributed by atoms with Crippen LogP contribution in [0.4, 0.5) is 5.69 Å². The van der Waals surface area contributed by atoms with E-state index in [9.17, 15) is 4.79 Å². The zero-order chi connectivity index (χ0) is 14.5. The van der Waals surface area contributed by atoms with Gasteiger partial charge in [0.2, 0.25) is 0 Å². The van der Waals surface area contributed by atoms with Crippen LogP contribution in [-0.4, -0.2) is 11.1 Å². The van der Waals surface area contributed by atoms with Gasteiger partial charge >= 0.3 is 5.97 Å². The SMILES string of the molecule is N#Cc1ccc(Sc2ccc(N)cc2)cc1CC(=O)O. The topological polar surface area (TPSA) is 87.1 Å². The number of rotatable bonds is 4. The molecule has 20 heavy (non-hydrogen) atoms. The van der Waals surface area contributed by atoms with E-state index in [1.54, 1.807) is 12.1 Å². The second-order valence-electron chi connectivity index (χ2n) is 4.17. The fourth-order valence-electron chi connectivity index (χ4n) is 1.72. The maximum atomic E-state index is 10.8. The van der Waals surface area contributed by atoms with E-state index in [-0.39, 0.29) is 6.42 Å². The molecule has 0 fully saturated rings. The van der Waals surface area contributed by atoms with Gasteiger partial charge in [-0.1, -0.05) is 11.8 Å². The van der Waals surface area contributed by atoms with Crippen molar-refractivity contribution in [2.24, 2.45) is 0 Å². The first kappa shape index (κ1) is 14.0. The van der Waals surface area contributed by atoms with E-state index < -0.39 is 5.97 Å². The second kappa shape index (κ2) is 6.13. The third-order valence-corrected chi connectivity index (χ3v) is 3.65. The first-order valence-corrected chi connectivity index (χ1v) is 6.68. The summed E-state index contributed by atoms with van der Waals surface area (Å²) in [6.45, 7) is 0. The molecule has 2 rings (SSSR count). The Morgan fingerprint density at radius 2 is 1.85 bits per heavy atom. The number of nitrogen functional groups attached to an aromatic ring is 1. The summed E-state index contributed by atoms with van der Waals surface area (Å²) in [6.07, 6.45) is -0.154. The highest BCUT2D eigenvalue weighted by atomic mass is 32.2. The molecule has 0 unspecified atom stereocenters. The lowest BCUT2D eigenvalue weighted by molar-refractivity contribution is -0.136. The van der Waals surface area contributed by atoms with Gasteiger partial charge in [-0.15, -0.1) is 0 Å². The van der Waals surface area contributed by atoms with Crippen molar-refractivity contribution in [1.29, 1.82) is 5.26 Å². The Morgan fingerprint density at radius 3 is 2.45 bits per heavy atom. The van der Waals surface area contributed by atoms with Gasteiger partial charge in [0.1, 0.15) is 0 Å². The first-order chi connectivity index (χ1) is 9.58. The van der Waals surface area contributed by atoms with Gasteiger partial charge in [-0.05, 0) is 48.0 Å². The molecule has 0 saturated carbocycles. The second-order valence-corrected chi connectivity index (χ2v) is 5.32. The Kier molecular flexibility index (Phi) is 4.28. The van der Waals surface area contributed by atoms with Crippen molar-refractivity contribution >= 4 is 23.4 Å². The van der Waals surface area contributed by atoms with Crippen LogP contribution < -0.4 is 5.73 Å². The minimum Gasteiger partial charge on any atom is -0.481 e. The average Bonchev–Trinajstić information content (AvgIpc) is 2.41. The van der Waals surface area contributed by atoms with E-state index in [0.717, 1.165) is 9.79 Å². The first-order valence-electron chi connectivity index (χ1n) is 5.86. The maximum Gasteiger partial charge on any atom is 0.307 e. The van der Waals surface area contributed by atoms with Crippen LogP contribution in [0, 0.1) is 11.3 Å². The molecule has 0 radical (unpaired) electrons. The molecule has 2 aromatic carbocycles. The molecule has 0 aliphatic carbocycles. The number of benzene rings is 2. The molecule has 0 saturated heterocycles. The maximum absolute atomic E-state index is 10.8. The van der Waals surface area contributed by atoms with Crippen LogP contribution in [0.3, 0.4) is 0 Å². The van der Waals surface area contributed by atoms with Crippen molar-refractivity contribution in [3.05, 3.63) is 53.6 Å². The lowest BCUT2D eigenvalue weighted by atomic mass is 10.1. The molecule has 0 spiro atoms. The van der Waals surface area contributed by atoms with Crippen molar-refractivity contribution in [3.8, 4) is 6.07 Å². The third-order valence-electron chi connectivity index (χ3n) is 2.65. The molecule has 0 aliphatic heterocycles. The van der Waals surface area contributed by atoms with Gasteiger partial charge in [-0.25, -0.2) is 0 Å². The highest BCUT2D eigenvalue weighted by Crippen LogP contribution is 2.29. The normalized spacial score (nSPS) is 9.95. The van der Waals surface area contributed by atoms with Crippen molar-refractivity contribution in [2.45, 2.75) is 16.2 Å². The predicted molar refractivity (Wildman–Crippen MR) is 77.5 cm³/mol. The van der Waals surface area contributed by atoms with Gasteiger partial charge in [0.05, 0.1) is 18.1 Å². The van der Waals surface area contributed by atoms with Gasteiger partial charge < -0.3 is 10.8 Å². The molecule has 5 heteroatoms. The van der Waals surface area contributed by atoms with E-state index in [2.05, 4.69) is 0 Å². The summed E-state index contributed by atoms with van der Waals surface area (Å²) >= 11 is 1.50. The molecule has 0 bridgehead atoms. The molecule has 0 atom stereocenters. The number of carbonyl (C=O) groups is 1. The monoisotopic (exact) mass is 284 g/mol. The number of hydrogen-bond donors (Lipinski definition) is 2. The number of nitrogens with zero attached hydrogens (tertiary/aromatic N) is 1. The van der Waals surface area contributed by atoms with Crippen molar-refractivity contribution in [3.63, 3.8) is 0 Å². The van der Waals surface area contributed by atoms with Crippen LogP contribution in [0.5, 0.6) is 0 Å². The Hall–Kier alpha value is -2.45. The van der Waals surface area contributed by atoms with E-state index in [4.69, 9.17) is 16.1 Å². The Morgan fingerprint density at radius 1 is 1.20 bits per heavy atom. The number of nitrogens with two attached hydrogens (primary N) is 1. The van der Waals surface area contributed by atoms with Gasteiger partial charge in [0.15, 0.2) is 0 Å². The number of nitriles is 1. The molecule has 2 aromatic rings. The number of aliphatic carboxylic acids is 1. The fraction of sp³-hybridized carbons (Fsp3) is 0.0667. The van der Waals surface area contributed by atoms with E-state index >= 15 is 0 Å². The minimum atomic E-state index is -0.948. The van der Waals surface area contributed by atoms with Gasteiger partial charge in [-0.3, -0.25) is 4.79 Å². The van der Waals surface area contributed by atoms with Crippen LogP contribution >= 0.6 is 11.8 Å². The largest absolute Gasteiger partial charge is 0.481 e. The van der Waals surface area contributed by atoms with Crippen LogP contribution in [0.1, 0.15) is 11.1 Å². The van der Waals surface area contributed by atoms with Crippen molar-refractivity contribution < 1.29 is 9.90 Å². The van der Waals surface area contributed by atoms with Gasteiger partial charge in [-0.2, -0.15) is 5.26 Å².